The van der Waals surface area contributed by atoms with Crippen molar-refractivity contribution in [3.8, 4) is 0 Å². The predicted octanol–water partition coefficient (Wildman–Crippen LogP) is 3.79. The summed E-state index contributed by atoms with van der Waals surface area (Å²) in [7, 11) is 0. The Hall–Kier alpha value is -1.47. The number of carbonyl (C=O) groups is 1. The van der Waals surface area contributed by atoms with Gasteiger partial charge in [-0.1, -0.05) is 0 Å². The largest absolute Gasteiger partial charge is 0.349 e. The Morgan fingerprint density at radius 3 is 2.61 bits per heavy atom. The molecule has 2 aromatic heterocycles. The van der Waals surface area contributed by atoms with Crippen LogP contribution in [0.5, 0.6) is 0 Å². The molecule has 126 valence electrons. The van der Waals surface area contributed by atoms with E-state index in [-0.39, 0.29) is 17.5 Å². The molecule has 23 heavy (non-hydrogen) atoms. The van der Waals surface area contributed by atoms with Gasteiger partial charge in [-0.05, 0) is 53.8 Å². The van der Waals surface area contributed by atoms with Gasteiger partial charge in [-0.3, -0.25) is 9.48 Å². The van der Waals surface area contributed by atoms with Crippen LogP contribution in [-0.4, -0.2) is 20.7 Å². The summed E-state index contributed by atoms with van der Waals surface area (Å²) < 4.78 is 2.66. The van der Waals surface area contributed by atoms with Crippen LogP contribution in [0.1, 0.15) is 55.6 Å². The van der Waals surface area contributed by atoms with Crippen LogP contribution < -0.4 is 5.32 Å². The number of rotatable bonds is 4. The summed E-state index contributed by atoms with van der Waals surface area (Å²) in [6.45, 7) is 12.2. The minimum absolute atomic E-state index is 0.00578. The first-order valence-corrected chi connectivity index (χ1v) is 8.85. The first-order chi connectivity index (χ1) is 10.6. The molecule has 5 nitrogen and oxygen atoms in total. The molecule has 7 heteroatoms. The third-order valence-electron chi connectivity index (χ3n) is 3.71. The number of nitrogens with zero attached hydrogens (tertiary/aromatic N) is 2. The van der Waals surface area contributed by atoms with Crippen LogP contribution in [0.25, 0.3) is 0 Å². The second-order valence-electron chi connectivity index (χ2n) is 6.81. The first kappa shape index (κ1) is 17.9. The van der Waals surface area contributed by atoms with E-state index in [9.17, 15) is 4.79 Å². The van der Waals surface area contributed by atoms with E-state index in [0.717, 1.165) is 21.8 Å². The number of amides is 1. The van der Waals surface area contributed by atoms with Gasteiger partial charge in [-0.2, -0.15) is 5.10 Å². The molecule has 0 fully saturated rings. The molecule has 0 bridgehead atoms. The van der Waals surface area contributed by atoms with E-state index in [1.807, 2.05) is 31.6 Å². The molecule has 2 aromatic rings. The van der Waals surface area contributed by atoms with E-state index in [1.165, 1.54) is 11.3 Å². The fraction of sp³-hybridized carbons (Fsp3) is 0.562. The maximum atomic E-state index is 12.3. The molecule has 0 unspecified atom stereocenters. The van der Waals surface area contributed by atoms with E-state index in [1.54, 1.807) is 0 Å². The SMILES string of the molecule is Cc1nn(C(C)(C)C)cc1[C@@H](C)NC(=O)Cc1sc(=S)[nH]c1C. The molecule has 0 saturated carbocycles. The van der Waals surface area contributed by atoms with Crippen molar-refractivity contribution in [2.45, 2.75) is 59.5 Å². The summed E-state index contributed by atoms with van der Waals surface area (Å²) in [5, 5.41) is 7.61. The second kappa shape index (κ2) is 6.57. The molecule has 2 heterocycles. The smallest absolute Gasteiger partial charge is 0.225 e. The molecule has 0 radical (unpaired) electrons. The maximum absolute atomic E-state index is 12.3. The number of nitrogens with one attached hydrogen (secondary N) is 2. The second-order valence-corrected chi connectivity index (χ2v) is 8.59. The third kappa shape index (κ3) is 4.29. The first-order valence-electron chi connectivity index (χ1n) is 7.62. The van der Waals surface area contributed by atoms with Crippen molar-refractivity contribution in [2.75, 3.05) is 0 Å². The fourth-order valence-corrected chi connectivity index (χ4v) is 3.65. The van der Waals surface area contributed by atoms with Crippen molar-refractivity contribution < 1.29 is 4.79 Å². The quantitative estimate of drug-likeness (QED) is 0.823. The topological polar surface area (TPSA) is 62.7 Å². The summed E-state index contributed by atoms with van der Waals surface area (Å²) >= 11 is 6.57. The molecule has 0 aliphatic rings. The van der Waals surface area contributed by atoms with Crippen LogP contribution in [0.2, 0.25) is 0 Å². The Balaban J connectivity index is 2.08. The molecule has 0 aliphatic carbocycles. The Morgan fingerprint density at radius 2 is 2.13 bits per heavy atom. The highest BCUT2D eigenvalue weighted by atomic mass is 32.1. The Morgan fingerprint density at radius 1 is 1.48 bits per heavy atom. The van der Waals surface area contributed by atoms with Gasteiger partial charge in [-0.25, -0.2) is 0 Å². The number of aromatic nitrogens is 3. The molecular weight excluding hydrogens is 328 g/mol. The van der Waals surface area contributed by atoms with Gasteiger partial charge in [0.05, 0.1) is 23.7 Å². The summed E-state index contributed by atoms with van der Waals surface area (Å²) in [5.74, 6) is -0.00578. The Labute approximate surface area is 146 Å². The predicted molar refractivity (Wildman–Crippen MR) is 96.5 cm³/mol. The zero-order chi connectivity index (χ0) is 17.4. The van der Waals surface area contributed by atoms with Crippen molar-refractivity contribution in [3.63, 3.8) is 0 Å². The van der Waals surface area contributed by atoms with Crippen molar-refractivity contribution in [3.05, 3.63) is 32.0 Å². The minimum atomic E-state index is -0.0779. The normalized spacial score (nSPS) is 13.1. The van der Waals surface area contributed by atoms with Gasteiger partial charge >= 0.3 is 0 Å². The average molecular weight is 353 g/mol. The van der Waals surface area contributed by atoms with Gasteiger partial charge in [0.2, 0.25) is 5.91 Å². The lowest BCUT2D eigenvalue weighted by Crippen LogP contribution is -2.28. The zero-order valence-corrected chi connectivity index (χ0v) is 16.1. The van der Waals surface area contributed by atoms with Crippen LogP contribution in [0.3, 0.4) is 0 Å². The van der Waals surface area contributed by atoms with Crippen LogP contribution in [0, 0.1) is 17.8 Å². The number of hydrogen-bond donors (Lipinski definition) is 2. The van der Waals surface area contributed by atoms with E-state index < -0.39 is 0 Å². The molecule has 0 saturated heterocycles. The molecule has 0 aromatic carbocycles. The fourth-order valence-electron chi connectivity index (χ4n) is 2.36. The van der Waals surface area contributed by atoms with E-state index in [0.29, 0.717) is 10.4 Å². The van der Waals surface area contributed by atoms with Crippen LogP contribution >= 0.6 is 23.6 Å². The number of thiazole rings is 1. The molecule has 1 atom stereocenters. The lowest BCUT2D eigenvalue weighted by molar-refractivity contribution is -0.121. The third-order valence-corrected chi connectivity index (χ3v) is 5.05. The lowest BCUT2D eigenvalue weighted by atomic mass is 10.1. The van der Waals surface area contributed by atoms with Gasteiger partial charge in [0, 0.05) is 22.3 Å². The van der Waals surface area contributed by atoms with Gasteiger partial charge in [0.15, 0.2) is 3.95 Å². The van der Waals surface area contributed by atoms with Gasteiger partial charge < -0.3 is 10.3 Å². The summed E-state index contributed by atoms with van der Waals surface area (Å²) in [5.41, 5.74) is 2.89. The molecule has 1 amide bonds. The monoisotopic (exact) mass is 352 g/mol. The summed E-state index contributed by atoms with van der Waals surface area (Å²) in [6, 6.07) is -0.0779. The number of aryl methyl sites for hydroxylation is 2. The van der Waals surface area contributed by atoms with E-state index in [2.05, 4.69) is 36.2 Å². The maximum Gasteiger partial charge on any atom is 0.225 e. The highest BCUT2D eigenvalue weighted by molar-refractivity contribution is 7.73. The van der Waals surface area contributed by atoms with Crippen LogP contribution in [0.4, 0.5) is 0 Å². The number of carbonyl (C=O) groups excluding carboxylic acids is 1. The van der Waals surface area contributed by atoms with Gasteiger partial charge in [0.1, 0.15) is 0 Å². The molecule has 0 aliphatic heterocycles. The minimum Gasteiger partial charge on any atom is -0.349 e. The molecular formula is C16H24N4OS2. The van der Waals surface area contributed by atoms with Gasteiger partial charge in [0.25, 0.3) is 0 Å². The molecule has 2 N–H and O–H groups in total. The van der Waals surface area contributed by atoms with Crippen molar-refractivity contribution in [1.82, 2.24) is 20.1 Å². The highest BCUT2D eigenvalue weighted by Gasteiger charge is 2.20. The summed E-state index contributed by atoms with van der Waals surface area (Å²) in [4.78, 5) is 16.3. The zero-order valence-electron chi connectivity index (χ0n) is 14.5. The number of H-pyrrole nitrogens is 1. The molecule has 2 rings (SSSR count). The average Bonchev–Trinajstić information content (AvgIpc) is 2.92. The number of hydrogen-bond acceptors (Lipinski definition) is 4. The Kier molecular flexibility index (Phi) is 5.10. The van der Waals surface area contributed by atoms with Crippen LogP contribution in [0.15, 0.2) is 6.20 Å². The highest BCUT2D eigenvalue weighted by Crippen LogP contribution is 2.21. The Bertz CT molecular complexity index is 764. The number of aromatic amines is 1. The van der Waals surface area contributed by atoms with Crippen LogP contribution in [-0.2, 0) is 16.8 Å². The van der Waals surface area contributed by atoms with E-state index >= 15 is 0 Å². The van der Waals surface area contributed by atoms with E-state index in [4.69, 9.17) is 12.2 Å². The summed E-state index contributed by atoms with van der Waals surface area (Å²) in [6.07, 6.45) is 2.37. The molecule has 0 spiro atoms. The van der Waals surface area contributed by atoms with Crippen molar-refractivity contribution in [2.24, 2.45) is 0 Å². The van der Waals surface area contributed by atoms with Crippen molar-refractivity contribution >= 4 is 29.5 Å². The standard InChI is InChI=1S/C16H24N4OS2/c1-9(12-8-20(16(4,5)6)19-10(12)2)17-14(21)7-13-11(3)18-15(22)23-13/h8-9H,7H2,1-6H3,(H,17,21)(H,18,22)/t9-/m1/s1. The van der Waals surface area contributed by atoms with Gasteiger partial charge in [-0.15, -0.1) is 11.3 Å². The lowest BCUT2D eigenvalue weighted by Gasteiger charge is -2.19. The van der Waals surface area contributed by atoms with Crippen molar-refractivity contribution in [1.29, 1.82) is 0 Å².